The lowest BCUT2D eigenvalue weighted by Crippen LogP contribution is -2.43. The Hall–Kier alpha value is -2.61. The Labute approximate surface area is 165 Å². The van der Waals surface area contributed by atoms with Crippen LogP contribution in [0.25, 0.3) is 0 Å². The number of nitrogens with one attached hydrogen (secondary N) is 2. The Balaban J connectivity index is 1.74. The fraction of sp³-hybridized carbons (Fsp3) is 0.550. The van der Waals surface area contributed by atoms with Gasteiger partial charge in [0.15, 0.2) is 0 Å². The van der Waals surface area contributed by atoms with E-state index in [0.717, 1.165) is 5.69 Å². The number of piperidine rings is 1. The molecule has 1 saturated heterocycles. The predicted octanol–water partition coefficient (Wildman–Crippen LogP) is 1.28. The second-order valence-electron chi connectivity index (χ2n) is 6.59. The van der Waals surface area contributed by atoms with Gasteiger partial charge in [0, 0.05) is 38.0 Å². The van der Waals surface area contributed by atoms with Crippen LogP contribution in [-0.4, -0.2) is 69.2 Å². The quantitative estimate of drug-likeness (QED) is 0.486. The lowest BCUT2D eigenvalue weighted by Gasteiger charge is -2.31. The number of nitrogens with zero attached hydrogens (tertiary/aromatic N) is 1. The van der Waals surface area contributed by atoms with Gasteiger partial charge in [-0.3, -0.25) is 14.4 Å². The number of esters is 1. The van der Waals surface area contributed by atoms with Gasteiger partial charge in [-0.15, -0.1) is 0 Å². The van der Waals surface area contributed by atoms with E-state index < -0.39 is 0 Å². The maximum atomic E-state index is 12.4. The number of benzene rings is 1. The molecule has 0 unspecified atom stereocenters. The maximum absolute atomic E-state index is 12.4. The molecular formula is C20H29N3O5. The Kier molecular flexibility index (Phi) is 8.74. The summed E-state index contributed by atoms with van der Waals surface area (Å²) in [6, 6.07) is 6.95. The number of ether oxygens (including phenoxy) is 2. The van der Waals surface area contributed by atoms with Gasteiger partial charge < -0.3 is 25.0 Å². The zero-order valence-electron chi connectivity index (χ0n) is 16.5. The molecule has 1 heterocycles. The molecular weight excluding hydrogens is 362 g/mol. The van der Waals surface area contributed by atoms with Crippen LogP contribution < -0.4 is 10.6 Å². The molecule has 0 aliphatic carbocycles. The summed E-state index contributed by atoms with van der Waals surface area (Å²) in [7, 11) is 1.58. The number of amides is 2. The van der Waals surface area contributed by atoms with Crippen molar-refractivity contribution in [2.75, 3.05) is 51.8 Å². The standard InChI is InChI=1S/C20H29N3O5/c1-3-28-20(26)16-8-11-23(12-9-16)18(24)14-22-17-6-4-15(5-7-17)19(25)21-10-13-27-2/h4-7,16,22H,3,8-14H2,1-2H3,(H,21,25). The summed E-state index contributed by atoms with van der Waals surface area (Å²) >= 11 is 0. The van der Waals surface area contributed by atoms with Crippen molar-refractivity contribution in [3.8, 4) is 0 Å². The van der Waals surface area contributed by atoms with E-state index in [4.69, 9.17) is 9.47 Å². The van der Waals surface area contributed by atoms with Crippen molar-refractivity contribution in [2.45, 2.75) is 19.8 Å². The van der Waals surface area contributed by atoms with Crippen molar-refractivity contribution in [1.82, 2.24) is 10.2 Å². The van der Waals surface area contributed by atoms with E-state index in [-0.39, 0.29) is 30.2 Å². The van der Waals surface area contributed by atoms with Crippen LogP contribution in [-0.2, 0) is 19.1 Å². The molecule has 0 radical (unpaired) electrons. The van der Waals surface area contributed by atoms with Gasteiger partial charge in [0.25, 0.3) is 5.91 Å². The molecule has 28 heavy (non-hydrogen) atoms. The lowest BCUT2D eigenvalue weighted by atomic mass is 9.97. The zero-order valence-corrected chi connectivity index (χ0v) is 16.5. The molecule has 0 saturated carbocycles. The number of carbonyl (C=O) groups is 3. The highest BCUT2D eigenvalue weighted by molar-refractivity contribution is 5.94. The first-order valence-electron chi connectivity index (χ1n) is 9.60. The molecule has 2 N–H and O–H groups in total. The molecule has 1 aromatic rings. The summed E-state index contributed by atoms with van der Waals surface area (Å²) < 4.78 is 9.94. The number of anilines is 1. The van der Waals surface area contributed by atoms with E-state index >= 15 is 0 Å². The van der Waals surface area contributed by atoms with Gasteiger partial charge in [0.2, 0.25) is 5.91 Å². The highest BCUT2D eigenvalue weighted by Gasteiger charge is 2.27. The fourth-order valence-electron chi connectivity index (χ4n) is 3.02. The predicted molar refractivity (Wildman–Crippen MR) is 105 cm³/mol. The molecule has 8 nitrogen and oxygen atoms in total. The van der Waals surface area contributed by atoms with Crippen molar-refractivity contribution < 1.29 is 23.9 Å². The van der Waals surface area contributed by atoms with Gasteiger partial charge in [-0.2, -0.15) is 0 Å². The van der Waals surface area contributed by atoms with Crippen LogP contribution in [0.3, 0.4) is 0 Å². The Morgan fingerprint density at radius 2 is 1.82 bits per heavy atom. The fourth-order valence-corrected chi connectivity index (χ4v) is 3.02. The molecule has 154 valence electrons. The average molecular weight is 391 g/mol. The van der Waals surface area contributed by atoms with Gasteiger partial charge in [0.05, 0.1) is 25.7 Å². The Morgan fingerprint density at radius 1 is 1.14 bits per heavy atom. The summed E-state index contributed by atoms with van der Waals surface area (Å²) in [5, 5.41) is 5.83. The SMILES string of the molecule is CCOC(=O)C1CCN(C(=O)CNc2ccc(C(=O)NCCOC)cc2)CC1. The van der Waals surface area contributed by atoms with Crippen molar-refractivity contribution in [3.05, 3.63) is 29.8 Å². The smallest absolute Gasteiger partial charge is 0.309 e. The monoisotopic (exact) mass is 391 g/mol. The number of rotatable bonds is 9. The Morgan fingerprint density at radius 3 is 2.43 bits per heavy atom. The first kappa shape index (κ1) is 21.7. The summed E-state index contributed by atoms with van der Waals surface area (Å²) in [5.74, 6) is -0.452. The van der Waals surface area contributed by atoms with Crippen LogP contribution >= 0.6 is 0 Å². The second kappa shape index (κ2) is 11.3. The van der Waals surface area contributed by atoms with Gasteiger partial charge in [-0.05, 0) is 44.0 Å². The van der Waals surface area contributed by atoms with Crippen LogP contribution in [0.2, 0.25) is 0 Å². The van der Waals surface area contributed by atoms with E-state index in [9.17, 15) is 14.4 Å². The zero-order chi connectivity index (χ0) is 20.4. The van der Waals surface area contributed by atoms with Crippen LogP contribution in [0, 0.1) is 5.92 Å². The molecule has 2 amide bonds. The molecule has 2 rings (SSSR count). The van der Waals surface area contributed by atoms with Crippen LogP contribution in [0.1, 0.15) is 30.1 Å². The van der Waals surface area contributed by atoms with Crippen molar-refractivity contribution in [1.29, 1.82) is 0 Å². The van der Waals surface area contributed by atoms with Crippen LogP contribution in [0.5, 0.6) is 0 Å². The molecule has 1 aliphatic heterocycles. The number of hydrogen-bond donors (Lipinski definition) is 2. The minimum Gasteiger partial charge on any atom is -0.466 e. The number of likely N-dealkylation sites (tertiary alicyclic amines) is 1. The molecule has 0 atom stereocenters. The minimum atomic E-state index is -0.168. The summed E-state index contributed by atoms with van der Waals surface area (Å²) in [6.45, 7) is 4.39. The van der Waals surface area contributed by atoms with E-state index in [0.29, 0.717) is 51.3 Å². The highest BCUT2D eigenvalue weighted by atomic mass is 16.5. The second-order valence-corrected chi connectivity index (χ2v) is 6.59. The van der Waals surface area contributed by atoms with Gasteiger partial charge in [-0.25, -0.2) is 0 Å². The number of carbonyl (C=O) groups excluding carboxylic acids is 3. The molecule has 1 aliphatic rings. The minimum absolute atomic E-state index is 0.0105. The molecule has 0 spiro atoms. The maximum Gasteiger partial charge on any atom is 0.309 e. The van der Waals surface area contributed by atoms with Gasteiger partial charge >= 0.3 is 5.97 Å². The molecule has 1 aromatic carbocycles. The van der Waals surface area contributed by atoms with Crippen molar-refractivity contribution in [3.63, 3.8) is 0 Å². The van der Waals surface area contributed by atoms with E-state index in [1.165, 1.54) is 0 Å². The third-order valence-corrected chi connectivity index (χ3v) is 4.65. The number of methoxy groups -OCH3 is 1. The van der Waals surface area contributed by atoms with E-state index in [2.05, 4.69) is 10.6 Å². The third-order valence-electron chi connectivity index (χ3n) is 4.65. The van der Waals surface area contributed by atoms with Crippen molar-refractivity contribution in [2.24, 2.45) is 5.92 Å². The highest BCUT2D eigenvalue weighted by Crippen LogP contribution is 2.19. The normalized spacial score (nSPS) is 14.4. The Bertz CT molecular complexity index is 654. The van der Waals surface area contributed by atoms with E-state index in [1.807, 2.05) is 0 Å². The molecule has 1 fully saturated rings. The molecule has 0 bridgehead atoms. The molecule has 8 heteroatoms. The molecule has 0 aromatic heterocycles. The average Bonchev–Trinajstić information content (AvgIpc) is 2.72. The van der Waals surface area contributed by atoms with Crippen molar-refractivity contribution >= 4 is 23.5 Å². The number of hydrogen-bond acceptors (Lipinski definition) is 6. The van der Waals surface area contributed by atoms with Gasteiger partial charge in [-0.1, -0.05) is 0 Å². The summed E-state index contributed by atoms with van der Waals surface area (Å²) in [4.78, 5) is 37.8. The lowest BCUT2D eigenvalue weighted by molar-refractivity contribution is -0.151. The van der Waals surface area contributed by atoms with Gasteiger partial charge in [0.1, 0.15) is 0 Å². The van der Waals surface area contributed by atoms with Crippen LogP contribution in [0.15, 0.2) is 24.3 Å². The van der Waals surface area contributed by atoms with E-state index in [1.54, 1.807) is 43.2 Å². The topological polar surface area (TPSA) is 97.0 Å². The first-order chi connectivity index (χ1) is 13.5. The van der Waals surface area contributed by atoms with Crippen LogP contribution in [0.4, 0.5) is 5.69 Å². The third kappa shape index (κ3) is 6.53. The largest absolute Gasteiger partial charge is 0.466 e. The summed E-state index contributed by atoms with van der Waals surface area (Å²) in [6.07, 6.45) is 1.27. The summed E-state index contributed by atoms with van der Waals surface area (Å²) in [5.41, 5.74) is 1.32. The first-order valence-corrected chi connectivity index (χ1v) is 9.60.